The van der Waals surface area contributed by atoms with Crippen molar-refractivity contribution in [3.63, 3.8) is 0 Å². The van der Waals surface area contributed by atoms with E-state index in [1.54, 1.807) is 6.20 Å². The minimum absolute atomic E-state index is 0.0258. The first-order chi connectivity index (χ1) is 20.0. The van der Waals surface area contributed by atoms with E-state index in [2.05, 4.69) is 23.8 Å². The lowest BCUT2D eigenvalue weighted by atomic mass is 10.0. The lowest BCUT2D eigenvalue weighted by molar-refractivity contribution is -0.138. The standard InChI is InChI=1S/C18H38O.C6H9N3O2.C6H12O6/c1-3-5-7-9-10-11-13-15-17-18(19)16-14-12-8-6-4-2;7-5(6(10)11)1-4-2-8-3-9-4;7-1-3(9)5(11)6(12)4(10)2-8/h18-19H,3-17H2,1-2H3;2-3,5H,1,7H2,(H,8,9)(H,10,11);1,3-6,8-12H,2H2/t;5-;3-,4+,5+,6+/m.00/s1. The van der Waals surface area contributed by atoms with Crippen LogP contribution in [0.3, 0.4) is 0 Å². The number of aliphatic carboxylic acids is 1. The van der Waals surface area contributed by atoms with E-state index in [-0.39, 0.29) is 18.8 Å². The van der Waals surface area contributed by atoms with Crippen LogP contribution in [0.25, 0.3) is 0 Å². The lowest BCUT2D eigenvalue weighted by Gasteiger charge is -2.22. The highest BCUT2D eigenvalue weighted by atomic mass is 16.4. The van der Waals surface area contributed by atoms with Crippen LogP contribution in [0.15, 0.2) is 12.5 Å². The summed E-state index contributed by atoms with van der Waals surface area (Å²) in [5.41, 5.74) is 6.00. The quantitative estimate of drug-likeness (QED) is 0.0648. The second-order valence-electron chi connectivity index (χ2n) is 10.7. The summed E-state index contributed by atoms with van der Waals surface area (Å²) in [5, 5.41) is 61.8. The summed E-state index contributed by atoms with van der Waals surface area (Å²) < 4.78 is 0. The van der Waals surface area contributed by atoms with Crippen LogP contribution in [-0.4, -0.2) is 101 Å². The largest absolute Gasteiger partial charge is 0.480 e. The molecule has 1 rings (SSSR count). The van der Waals surface area contributed by atoms with Gasteiger partial charge in [-0.25, -0.2) is 4.98 Å². The smallest absolute Gasteiger partial charge is 0.320 e. The molecule has 0 aromatic carbocycles. The van der Waals surface area contributed by atoms with Gasteiger partial charge in [-0.1, -0.05) is 97.3 Å². The Morgan fingerprint density at radius 1 is 0.857 bits per heavy atom. The fourth-order valence-corrected chi connectivity index (χ4v) is 3.98. The predicted octanol–water partition coefficient (Wildman–Crippen LogP) is 2.22. The summed E-state index contributed by atoms with van der Waals surface area (Å²) in [4.78, 5) is 26.7. The zero-order valence-corrected chi connectivity index (χ0v) is 25.7. The molecule has 42 heavy (non-hydrogen) atoms. The lowest BCUT2D eigenvalue weighted by Crippen LogP contribution is -2.46. The number of aldehydes is 1. The SMILES string of the molecule is CCCCCCCCCCC(O)CCCCCCC.N[C@@H](Cc1cnc[nH]1)C(=O)O.O=C[C@H](O)[C@@H](O)[C@H](O)[C@H](O)CO. The van der Waals surface area contributed by atoms with Gasteiger partial charge < -0.3 is 51.3 Å². The van der Waals surface area contributed by atoms with Crippen molar-refractivity contribution in [2.24, 2.45) is 5.73 Å². The first kappa shape index (κ1) is 42.2. The Kier molecular flexibility index (Phi) is 29.3. The summed E-state index contributed by atoms with van der Waals surface area (Å²) in [7, 11) is 0. The number of carboxylic acids is 1. The summed E-state index contributed by atoms with van der Waals surface area (Å²) in [6.07, 6.45) is 15.9. The highest BCUT2D eigenvalue weighted by Crippen LogP contribution is 2.14. The summed E-state index contributed by atoms with van der Waals surface area (Å²) in [6, 6.07) is -0.851. The second kappa shape index (κ2) is 29.2. The molecule has 10 N–H and O–H groups in total. The van der Waals surface area contributed by atoms with Crippen molar-refractivity contribution >= 4 is 12.3 Å². The molecule has 12 heteroatoms. The van der Waals surface area contributed by atoms with Crippen molar-refractivity contribution in [3.8, 4) is 0 Å². The van der Waals surface area contributed by atoms with E-state index in [1.165, 1.54) is 89.8 Å². The Morgan fingerprint density at radius 2 is 1.33 bits per heavy atom. The number of unbranched alkanes of at least 4 members (excludes halogenated alkanes) is 11. The van der Waals surface area contributed by atoms with E-state index in [9.17, 15) is 14.7 Å². The third kappa shape index (κ3) is 24.6. The molecular formula is C30H59N3O9. The summed E-state index contributed by atoms with van der Waals surface area (Å²) in [6.45, 7) is 3.75. The Bertz CT molecular complexity index is 725. The third-order valence-corrected chi connectivity index (χ3v) is 6.76. The first-order valence-electron chi connectivity index (χ1n) is 15.5. The van der Waals surface area contributed by atoms with Gasteiger partial charge in [-0.15, -0.1) is 0 Å². The molecule has 0 fully saturated rings. The average molecular weight is 606 g/mol. The van der Waals surface area contributed by atoms with Gasteiger partial charge in [-0.3, -0.25) is 4.79 Å². The van der Waals surface area contributed by atoms with E-state index in [0.29, 0.717) is 0 Å². The maximum atomic E-state index is 10.3. The Balaban J connectivity index is 0. The van der Waals surface area contributed by atoms with Gasteiger partial charge in [0.1, 0.15) is 30.5 Å². The van der Waals surface area contributed by atoms with Gasteiger partial charge in [0.2, 0.25) is 0 Å². The molecule has 1 aromatic rings. The summed E-state index contributed by atoms with van der Waals surface area (Å²) in [5.74, 6) is -1.00. The normalized spacial score (nSPS) is 15.2. The monoisotopic (exact) mass is 605 g/mol. The zero-order chi connectivity index (χ0) is 32.2. The average Bonchev–Trinajstić information content (AvgIpc) is 3.50. The number of nitrogens with zero attached hydrogens (tertiary/aromatic N) is 1. The molecule has 1 unspecified atom stereocenters. The molecule has 0 bridgehead atoms. The molecule has 248 valence electrons. The Hall–Kier alpha value is -1.93. The van der Waals surface area contributed by atoms with Gasteiger partial charge in [0.25, 0.3) is 0 Å². The topological polar surface area (TPSA) is 230 Å². The number of aromatic amines is 1. The molecule has 1 aromatic heterocycles. The number of hydrogen-bond donors (Lipinski definition) is 9. The van der Waals surface area contributed by atoms with Crippen LogP contribution in [-0.2, 0) is 16.0 Å². The molecular weight excluding hydrogens is 546 g/mol. The van der Waals surface area contributed by atoms with Crippen LogP contribution in [0, 0.1) is 0 Å². The van der Waals surface area contributed by atoms with Crippen molar-refractivity contribution in [2.75, 3.05) is 6.61 Å². The number of carbonyl (C=O) groups is 2. The molecule has 1 heterocycles. The number of H-pyrrole nitrogens is 1. The van der Waals surface area contributed by atoms with E-state index in [4.69, 9.17) is 36.4 Å². The minimum Gasteiger partial charge on any atom is -0.480 e. The van der Waals surface area contributed by atoms with E-state index in [0.717, 1.165) is 18.5 Å². The first-order valence-corrected chi connectivity index (χ1v) is 15.5. The van der Waals surface area contributed by atoms with E-state index in [1.807, 2.05) is 0 Å². The van der Waals surface area contributed by atoms with Crippen LogP contribution >= 0.6 is 0 Å². The molecule has 0 saturated heterocycles. The van der Waals surface area contributed by atoms with Crippen LogP contribution in [0.2, 0.25) is 0 Å². The molecule has 0 aliphatic rings. The number of nitrogens with two attached hydrogens (primary N) is 1. The summed E-state index contributed by atoms with van der Waals surface area (Å²) >= 11 is 0. The van der Waals surface area contributed by atoms with Gasteiger partial charge in [0.15, 0.2) is 6.29 Å². The number of aromatic nitrogens is 2. The number of carboxylic acid groups (broad SMARTS) is 1. The zero-order valence-electron chi connectivity index (χ0n) is 25.7. The van der Waals surface area contributed by atoms with Gasteiger partial charge in [-0.2, -0.15) is 0 Å². The molecule has 6 atom stereocenters. The number of aliphatic hydroxyl groups excluding tert-OH is 6. The number of carbonyl (C=O) groups excluding carboxylic acids is 1. The third-order valence-electron chi connectivity index (χ3n) is 6.76. The van der Waals surface area contributed by atoms with Crippen LogP contribution in [0.1, 0.15) is 116 Å². The molecule has 0 radical (unpaired) electrons. The fourth-order valence-electron chi connectivity index (χ4n) is 3.98. The molecule has 0 spiro atoms. The van der Waals surface area contributed by atoms with Gasteiger partial charge in [0, 0.05) is 18.3 Å². The number of nitrogens with one attached hydrogen (secondary N) is 1. The van der Waals surface area contributed by atoms with Crippen LogP contribution in [0.4, 0.5) is 0 Å². The van der Waals surface area contributed by atoms with Crippen molar-refractivity contribution in [1.29, 1.82) is 0 Å². The van der Waals surface area contributed by atoms with Crippen molar-refractivity contribution in [2.45, 2.75) is 153 Å². The van der Waals surface area contributed by atoms with Crippen molar-refractivity contribution in [1.82, 2.24) is 9.97 Å². The number of imidazole rings is 1. The molecule has 0 saturated carbocycles. The maximum absolute atomic E-state index is 10.3. The predicted molar refractivity (Wildman–Crippen MR) is 162 cm³/mol. The highest BCUT2D eigenvalue weighted by Gasteiger charge is 2.29. The molecule has 0 amide bonds. The van der Waals surface area contributed by atoms with Gasteiger partial charge >= 0.3 is 5.97 Å². The van der Waals surface area contributed by atoms with Gasteiger partial charge in [0.05, 0.1) is 19.0 Å². The Morgan fingerprint density at radius 3 is 1.71 bits per heavy atom. The molecule has 0 aliphatic carbocycles. The number of hydrogen-bond acceptors (Lipinski definition) is 10. The second-order valence-corrected chi connectivity index (χ2v) is 10.7. The van der Waals surface area contributed by atoms with Crippen molar-refractivity contribution in [3.05, 3.63) is 18.2 Å². The number of rotatable bonds is 23. The van der Waals surface area contributed by atoms with E-state index >= 15 is 0 Å². The number of aliphatic hydroxyl groups is 6. The fraction of sp³-hybridized carbons (Fsp3) is 0.833. The van der Waals surface area contributed by atoms with Crippen molar-refractivity contribution < 1.29 is 45.3 Å². The molecule has 12 nitrogen and oxygen atoms in total. The van der Waals surface area contributed by atoms with Gasteiger partial charge in [-0.05, 0) is 12.8 Å². The van der Waals surface area contributed by atoms with E-state index < -0.39 is 43.0 Å². The molecule has 0 aliphatic heterocycles. The van der Waals surface area contributed by atoms with Crippen LogP contribution in [0.5, 0.6) is 0 Å². The minimum atomic E-state index is -1.79. The van der Waals surface area contributed by atoms with Crippen LogP contribution < -0.4 is 5.73 Å². The Labute approximate surface area is 251 Å². The maximum Gasteiger partial charge on any atom is 0.320 e. The highest BCUT2D eigenvalue weighted by molar-refractivity contribution is 5.73.